The van der Waals surface area contributed by atoms with Crippen molar-refractivity contribution in [2.45, 2.75) is 36.9 Å². The Hall–Kier alpha value is 1.05. The quantitative estimate of drug-likeness (QED) is 0.220. The van der Waals surface area contributed by atoms with Crippen LogP contribution in [-0.4, -0.2) is 214 Å². The Bertz CT molecular complexity index is 607. The predicted octanol–water partition coefficient (Wildman–Crippen LogP) is -14.5. The van der Waals surface area contributed by atoms with Crippen molar-refractivity contribution in [3.63, 3.8) is 0 Å². The summed E-state index contributed by atoms with van der Waals surface area (Å²) >= 11 is 0. The van der Waals surface area contributed by atoms with Gasteiger partial charge in [-0.2, -0.15) is 0 Å². The third-order valence-corrected chi connectivity index (χ3v) is 2.51. The summed E-state index contributed by atoms with van der Waals surface area (Å²) in [6.07, 6.45) is -7.76. The maximum absolute atomic E-state index is 10.1. The molecule has 0 aliphatic carbocycles. The zero-order valence-electron chi connectivity index (χ0n) is 17.2. The van der Waals surface area contributed by atoms with E-state index >= 15 is 0 Å². The standard InChI is InChI=1S/2C6H8O7.CH2O3.4Ca/c2*7-3(8)1-6(13,5(11)12)2-4(9)10;2-1(3)4;;;;/h2*13H,1-2H2,(H,7,8)(H,9,10)(H,11,12);(H2,2,3,4);;;;/q;;;4*+2/p-8. The first-order chi connectivity index (χ1) is 13.3. The van der Waals surface area contributed by atoms with Gasteiger partial charge >= 0.3 is 151 Å². The number of aliphatic hydroxyl groups is 2. The maximum atomic E-state index is 10.1. The van der Waals surface area contributed by atoms with Crippen LogP contribution in [0, 0.1) is 0 Å². The molecule has 0 amide bonds. The van der Waals surface area contributed by atoms with Crippen LogP contribution in [0.25, 0.3) is 0 Å². The van der Waals surface area contributed by atoms with E-state index in [4.69, 9.17) is 25.2 Å². The van der Waals surface area contributed by atoms with E-state index in [9.17, 15) is 59.4 Å². The van der Waals surface area contributed by atoms with Gasteiger partial charge in [-0.3, -0.25) is 0 Å². The summed E-state index contributed by atoms with van der Waals surface area (Å²) in [7, 11) is 0. The topological polar surface area (TPSA) is 344 Å². The maximum Gasteiger partial charge on any atom is 2.00 e. The summed E-state index contributed by atoms with van der Waals surface area (Å²) in [4.78, 5) is 68.3. The number of carbonyl (C=O) groups is 7. The molecule has 0 radical (unpaired) electrons. The molecular weight excluding hydrogens is 588 g/mol. The number of rotatable bonds is 10. The molecule has 0 atom stereocenters. The summed E-state index contributed by atoms with van der Waals surface area (Å²) in [5.74, 6) is -12.0. The molecule has 0 aromatic heterocycles. The number of carbonyl (C=O) groups excluding carboxylic acids is 7. The molecule has 2 N–H and O–H groups in total. The molecule has 0 spiro atoms. The summed E-state index contributed by atoms with van der Waals surface area (Å²) in [6.45, 7) is 0. The van der Waals surface area contributed by atoms with Crippen molar-refractivity contribution in [2.24, 2.45) is 0 Å². The summed E-state index contributed by atoms with van der Waals surface area (Å²) in [5, 5.41) is 94.5. The van der Waals surface area contributed by atoms with E-state index < -0.39 is 78.9 Å². The van der Waals surface area contributed by atoms with Crippen molar-refractivity contribution in [3.05, 3.63) is 0 Å². The van der Waals surface area contributed by atoms with E-state index in [-0.39, 0.29) is 151 Å². The van der Waals surface area contributed by atoms with Crippen molar-refractivity contribution < 1.29 is 84.6 Å². The number of hydrogen-bond donors (Lipinski definition) is 2. The van der Waals surface area contributed by atoms with E-state index in [0.29, 0.717) is 0 Å². The first-order valence-corrected chi connectivity index (χ1v) is 6.84. The molecule has 0 aromatic rings. The molecule has 0 saturated carbocycles. The predicted molar refractivity (Wildman–Crippen MR) is 86.8 cm³/mol. The fraction of sp³-hybridized carbons (Fsp3) is 0.462. The van der Waals surface area contributed by atoms with Crippen LogP contribution in [0.4, 0.5) is 4.79 Å². The molecule has 0 saturated heterocycles. The number of aliphatic carboxylic acids is 6. The van der Waals surface area contributed by atoms with Crippen LogP contribution in [0.3, 0.4) is 0 Å². The minimum atomic E-state index is -2.97. The van der Waals surface area contributed by atoms with Crippen molar-refractivity contribution in [2.75, 3.05) is 0 Å². The monoisotopic (exact) mass is 598 g/mol. The van der Waals surface area contributed by atoms with E-state index in [0.717, 1.165) is 0 Å². The molecule has 0 unspecified atom stereocenters. The van der Waals surface area contributed by atoms with Gasteiger partial charge in [0.05, 0.1) is 11.9 Å². The number of hydrogen-bond acceptors (Lipinski definition) is 17. The average Bonchev–Trinajstić information content (AvgIpc) is 2.43. The van der Waals surface area contributed by atoms with Crippen LogP contribution < -0.4 is 40.9 Å². The SMILES string of the molecule is O=C([O-])CC(O)(CC(=O)[O-])C(=O)[O-].O=C([O-])CC(O)(CC(=O)[O-])C(=O)[O-].O=C([O-])[O-].[Ca+2].[Ca+2].[Ca+2].[Ca+2]. The third-order valence-electron chi connectivity index (χ3n) is 2.51. The Morgan fingerprint density at radius 2 is 0.559 bits per heavy atom. The van der Waals surface area contributed by atoms with E-state index in [2.05, 4.69) is 0 Å². The van der Waals surface area contributed by atoms with Crippen molar-refractivity contribution >= 4 is 193 Å². The molecule has 172 valence electrons. The fourth-order valence-corrected chi connectivity index (χ4v) is 1.37. The molecule has 0 heterocycles. The van der Waals surface area contributed by atoms with Gasteiger partial charge in [0.15, 0.2) is 0 Å². The van der Waals surface area contributed by atoms with Crippen molar-refractivity contribution in [3.8, 4) is 0 Å². The van der Waals surface area contributed by atoms with Gasteiger partial charge < -0.3 is 84.6 Å². The molecule has 0 aromatic carbocycles. The molecular formula is C13H10Ca4O17. The van der Waals surface area contributed by atoms with Crippen molar-refractivity contribution in [1.82, 2.24) is 0 Å². The van der Waals surface area contributed by atoms with Crippen LogP contribution in [0.5, 0.6) is 0 Å². The van der Waals surface area contributed by atoms with Crippen LogP contribution in [0.15, 0.2) is 0 Å². The Morgan fingerprint density at radius 1 is 0.441 bits per heavy atom. The van der Waals surface area contributed by atoms with Gasteiger partial charge in [0.1, 0.15) is 11.2 Å². The third kappa shape index (κ3) is 31.1. The van der Waals surface area contributed by atoms with E-state index in [1.165, 1.54) is 0 Å². The first-order valence-electron chi connectivity index (χ1n) is 6.84. The number of carboxylic acids is 6. The van der Waals surface area contributed by atoms with Gasteiger partial charge in [-0.05, 0) is 6.16 Å². The van der Waals surface area contributed by atoms with Gasteiger partial charge in [-0.25, -0.2) is 0 Å². The summed E-state index contributed by atoms with van der Waals surface area (Å²) in [6, 6.07) is 0. The van der Waals surface area contributed by atoms with Gasteiger partial charge in [0.2, 0.25) is 0 Å². The molecule has 21 heteroatoms. The normalized spacial score (nSPS) is 9.00. The molecule has 0 aliphatic heterocycles. The molecule has 0 bridgehead atoms. The second kappa shape index (κ2) is 25.7. The van der Waals surface area contributed by atoms with Crippen molar-refractivity contribution in [1.29, 1.82) is 0 Å². The zero-order chi connectivity index (χ0) is 24.9. The van der Waals surface area contributed by atoms with Gasteiger partial charge in [-0.15, -0.1) is 0 Å². The van der Waals surface area contributed by atoms with E-state index in [1.54, 1.807) is 0 Å². The number of carboxylic acid groups (broad SMARTS) is 8. The second-order valence-corrected chi connectivity index (χ2v) is 5.08. The van der Waals surface area contributed by atoms with Gasteiger partial charge in [0, 0.05) is 49.6 Å². The Balaban J connectivity index is -0.0000000671. The molecule has 17 nitrogen and oxygen atoms in total. The Labute approximate surface area is 309 Å². The Morgan fingerprint density at radius 3 is 0.618 bits per heavy atom. The van der Waals surface area contributed by atoms with Crippen LogP contribution in [0.2, 0.25) is 0 Å². The van der Waals surface area contributed by atoms with Crippen LogP contribution >= 0.6 is 0 Å². The zero-order valence-corrected chi connectivity index (χ0v) is 26.0. The van der Waals surface area contributed by atoms with Crippen LogP contribution in [-0.2, 0) is 28.8 Å². The molecule has 34 heavy (non-hydrogen) atoms. The van der Waals surface area contributed by atoms with Crippen LogP contribution in [0.1, 0.15) is 25.7 Å². The van der Waals surface area contributed by atoms with Gasteiger partial charge in [0.25, 0.3) is 0 Å². The minimum absolute atomic E-state index is 0. The summed E-state index contributed by atoms with van der Waals surface area (Å²) in [5.41, 5.74) is -5.95. The van der Waals surface area contributed by atoms with Gasteiger partial charge in [-0.1, -0.05) is 0 Å². The second-order valence-electron chi connectivity index (χ2n) is 5.08. The summed E-state index contributed by atoms with van der Waals surface area (Å²) < 4.78 is 0. The minimum Gasteiger partial charge on any atom is -0.652 e. The first kappa shape index (κ1) is 51.6. The average molecular weight is 599 g/mol. The van der Waals surface area contributed by atoms with E-state index in [1.807, 2.05) is 0 Å². The molecule has 0 rings (SSSR count). The molecule has 0 aliphatic rings. The largest absolute Gasteiger partial charge is 2.00 e. The fourth-order valence-electron chi connectivity index (χ4n) is 1.37. The molecule has 0 fully saturated rings. The Kier molecular flexibility index (Phi) is 39.0. The smallest absolute Gasteiger partial charge is 0.652 e.